The molecule has 1 saturated heterocycles. The number of nitrogens with zero attached hydrogens (tertiary/aromatic N) is 1. The topological polar surface area (TPSA) is 15.3 Å². The normalized spacial score (nSPS) is 28.1. The molecule has 0 amide bonds. The molecule has 1 fully saturated rings. The summed E-state index contributed by atoms with van der Waals surface area (Å²) in [4.78, 5) is 2.70. The number of nitrogens with one attached hydrogen (secondary N) is 1. The molecule has 3 unspecified atom stereocenters. The summed E-state index contributed by atoms with van der Waals surface area (Å²) < 4.78 is 0. The first-order valence-corrected chi connectivity index (χ1v) is 7.11. The fourth-order valence-corrected chi connectivity index (χ4v) is 2.54. The Bertz CT molecular complexity index is 182. The van der Waals surface area contributed by atoms with E-state index in [1.165, 1.54) is 45.3 Å². The van der Waals surface area contributed by atoms with Crippen LogP contribution in [-0.2, 0) is 0 Å². The van der Waals surface area contributed by atoms with Crippen molar-refractivity contribution in [3.63, 3.8) is 0 Å². The fourth-order valence-electron chi connectivity index (χ4n) is 2.54. The van der Waals surface area contributed by atoms with Crippen LogP contribution in [0.4, 0.5) is 0 Å². The Labute approximate surface area is 102 Å². The van der Waals surface area contributed by atoms with Crippen LogP contribution in [0.25, 0.3) is 0 Å². The second-order valence-corrected chi connectivity index (χ2v) is 5.63. The van der Waals surface area contributed by atoms with Gasteiger partial charge in [-0.05, 0) is 58.7 Å². The van der Waals surface area contributed by atoms with Crippen LogP contribution in [0.1, 0.15) is 53.4 Å². The van der Waals surface area contributed by atoms with E-state index in [9.17, 15) is 0 Å². The maximum atomic E-state index is 3.57. The van der Waals surface area contributed by atoms with Crippen molar-refractivity contribution < 1.29 is 0 Å². The predicted molar refractivity (Wildman–Crippen MR) is 71.8 cm³/mol. The molecule has 16 heavy (non-hydrogen) atoms. The smallest absolute Gasteiger partial charge is 0.00694 e. The van der Waals surface area contributed by atoms with E-state index >= 15 is 0 Å². The molecule has 3 atom stereocenters. The molecule has 1 N–H and O–H groups in total. The molecule has 0 bridgehead atoms. The van der Waals surface area contributed by atoms with Gasteiger partial charge in [0.1, 0.15) is 0 Å². The number of rotatable bonds is 4. The van der Waals surface area contributed by atoms with Crippen LogP contribution in [0.15, 0.2) is 0 Å². The van der Waals surface area contributed by atoms with Gasteiger partial charge in [-0.15, -0.1) is 0 Å². The SMILES string of the molecule is CCC(C)CC(C)N1CCCNC(C)CC1. The van der Waals surface area contributed by atoms with Crippen LogP contribution >= 0.6 is 0 Å². The molecule has 1 rings (SSSR count). The van der Waals surface area contributed by atoms with Gasteiger partial charge in [-0.3, -0.25) is 0 Å². The minimum Gasteiger partial charge on any atom is -0.314 e. The largest absolute Gasteiger partial charge is 0.314 e. The molecular formula is C14H30N2. The Morgan fingerprint density at radius 1 is 1.31 bits per heavy atom. The monoisotopic (exact) mass is 226 g/mol. The average Bonchev–Trinajstić information content (AvgIpc) is 2.23. The highest BCUT2D eigenvalue weighted by Crippen LogP contribution is 2.16. The lowest BCUT2D eigenvalue weighted by Crippen LogP contribution is -2.42. The third-order valence-electron chi connectivity index (χ3n) is 4.03. The first-order valence-electron chi connectivity index (χ1n) is 7.11. The van der Waals surface area contributed by atoms with Crippen molar-refractivity contribution in [3.8, 4) is 0 Å². The van der Waals surface area contributed by atoms with E-state index in [2.05, 4.69) is 37.9 Å². The van der Waals surface area contributed by atoms with Crippen molar-refractivity contribution in [1.29, 1.82) is 0 Å². The summed E-state index contributed by atoms with van der Waals surface area (Å²) in [7, 11) is 0. The van der Waals surface area contributed by atoms with Gasteiger partial charge in [0.15, 0.2) is 0 Å². The van der Waals surface area contributed by atoms with Gasteiger partial charge < -0.3 is 10.2 Å². The molecule has 1 aliphatic heterocycles. The number of hydrogen-bond donors (Lipinski definition) is 1. The van der Waals surface area contributed by atoms with E-state index in [1.54, 1.807) is 0 Å². The van der Waals surface area contributed by atoms with E-state index in [0.717, 1.165) is 12.0 Å². The lowest BCUT2D eigenvalue weighted by atomic mass is 9.98. The van der Waals surface area contributed by atoms with Gasteiger partial charge in [0.2, 0.25) is 0 Å². The highest BCUT2D eigenvalue weighted by molar-refractivity contribution is 4.75. The van der Waals surface area contributed by atoms with Crippen molar-refractivity contribution in [3.05, 3.63) is 0 Å². The summed E-state index contributed by atoms with van der Waals surface area (Å²) in [5.74, 6) is 0.871. The molecule has 0 aliphatic carbocycles. The van der Waals surface area contributed by atoms with Crippen molar-refractivity contribution in [2.45, 2.75) is 65.5 Å². The second-order valence-electron chi connectivity index (χ2n) is 5.63. The molecule has 0 radical (unpaired) electrons. The van der Waals surface area contributed by atoms with Gasteiger partial charge in [-0.2, -0.15) is 0 Å². The highest BCUT2D eigenvalue weighted by atomic mass is 15.2. The zero-order valence-electron chi connectivity index (χ0n) is 11.6. The van der Waals surface area contributed by atoms with Gasteiger partial charge >= 0.3 is 0 Å². The molecule has 1 aliphatic rings. The van der Waals surface area contributed by atoms with Crippen molar-refractivity contribution in [2.24, 2.45) is 5.92 Å². The van der Waals surface area contributed by atoms with E-state index in [0.29, 0.717) is 6.04 Å². The Balaban J connectivity index is 2.37. The van der Waals surface area contributed by atoms with E-state index in [1.807, 2.05) is 0 Å². The molecule has 2 heteroatoms. The summed E-state index contributed by atoms with van der Waals surface area (Å²) in [5, 5.41) is 3.57. The third-order valence-corrected chi connectivity index (χ3v) is 4.03. The van der Waals surface area contributed by atoms with Crippen LogP contribution in [-0.4, -0.2) is 36.6 Å². The van der Waals surface area contributed by atoms with E-state index in [4.69, 9.17) is 0 Å². The van der Waals surface area contributed by atoms with Crippen molar-refractivity contribution in [1.82, 2.24) is 10.2 Å². The van der Waals surface area contributed by atoms with Crippen molar-refractivity contribution >= 4 is 0 Å². The van der Waals surface area contributed by atoms with Crippen LogP contribution in [0.5, 0.6) is 0 Å². The molecular weight excluding hydrogens is 196 g/mol. The molecule has 0 aromatic rings. The van der Waals surface area contributed by atoms with Gasteiger partial charge in [0.25, 0.3) is 0 Å². The van der Waals surface area contributed by atoms with E-state index in [-0.39, 0.29) is 0 Å². The molecule has 0 spiro atoms. The maximum Gasteiger partial charge on any atom is 0.00694 e. The maximum absolute atomic E-state index is 3.57. The van der Waals surface area contributed by atoms with Gasteiger partial charge in [-0.1, -0.05) is 20.3 Å². The van der Waals surface area contributed by atoms with E-state index < -0.39 is 0 Å². The average molecular weight is 226 g/mol. The van der Waals surface area contributed by atoms with Crippen LogP contribution in [0.3, 0.4) is 0 Å². The zero-order chi connectivity index (χ0) is 12.0. The Morgan fingerprint density at radius 2 is 2.06 bits per heavy atom. The lowest BCUT2D eigenvalue weighted by molar-refractivity contribution is 0.162. The zero-order valence-corrected chi connectivity index (χ0v) is 11.6. The lowest BCUT2D eigenvalue weighted by Gasteiger charge is -2.33. The molecule has 0 saturated carbocycles. The molecule has 96 valence electrons. The molecule has 1 heterocycles. The summed E-state index contributed by atoms with van der Waals surface area (Å²) in [5.41, 5.74) is 0. The summed E-state index contributed by atoms with van der Waals surface area (Å²) in [6.07, 6.45) is 5.27. The van der Waals surface area contributed by atoms with Crippen LogP contribution in [0, 0.1) is 5.92 Å². The summed E-state index contributed by atoms with van der Waals surface area (Å²) in [6, 6.07) is 1.46. The standard InChI is InChI=1S/C14H30N2/c1-5-12(2)11-14(4)16-9-6-8-15-13(3)7-10-16/h12-15H,5-11H2,1-4H3. The van der Waals surface area contributed by atoms with Crippen LogP contribution in [0.2, 0.25) is 0 Å². The quantitative estimate of drug-likeness (QED) is 0.793. The summed E-state index contributed by atoms with van der Waals surface area (Å²) >= 11 is 0. The first kappa shape index (κ1) is 14.0. The van der Waals surface area contributed by atoms with Gasteiger partial charge in [-0.25, -0.2) is 0 Å². The fraction of sp³-hybridized carbons (Fsp3) is 1.00. The van der Waals surface area contributed by atoms with Crippen molar-refractivity contribution in [2.75, 3.05) is 19.6 Å². The van der Waals surface area contributed by atoms with Gasteiger partial charge in [0, 0.05) is 12.1 Å². The van der Waals surface area contributed by atoms with Crippen LogP contribution < -0.4 is 5.32 Å². The third kappa shape index (κ3) is 4.84. The summed E-state index contributed by atoms with van der Waals surface area (Å²) in [6.45, 7) is 13.1. The second kappa shape index (κ2) is 7.29. The Kier molecular flexibility index (Phi) is 6.37. The van der Waals surface area contributed by atoms with Gasteiger partial charge in [0.05, 0.1) is 0 Å². The predicted octanol–water partition coefficient (Wildman–Crippen LogP) is 2.89. The Hall–Kier alpha value is -0.0800. The minimum atomic E-state index is 0.693. The number of hydrogen-bond acceptors (Lipinski definition) is 2. The first-order chi connectivity index (χ1) is 7.63. The molecule has 0 aromatic heterocycles. The molecule has 0 aromatic carbocycles. The Morgan fingerprint density at radius 3 is 2.75 bits per heavy atom. The minimum absolute atomic E-state index is 0.693. The highest BCUT2D eigenvalue weighted by Gasteiger charge is 2.18. The molecule has 2 nitrogen and oxygen atoms in total.